The van der Waals surface area contributed by atoms with Gasteiger partial charge in [0.2, 0.25) is 0 Å². The lowest BCUT2D eigenvalue weighted by Gasteiger charge is -2.34. The lowest BCUT2D eigenvalue weighted by molar-refractivity contribution is -0.367. The number of piperazine rings is 1. The zero-order chi connectivity index (χ0) is 19.2. The minimum Gasteiger partial charge on any atom is -0.359 e. The van der Waals surface area contributed by atoms with Crippen LogP contribution in [0.4, 0.5) is 19.0 Å². The van der Waals surface area contributed by atoms with Gasteiger partial charge in [-0.2, -0.15) is 13.2 Å². The molecule has 4 nitrogen and oxygen atoms in total. The van der Waals surface area contributed by atoms with Crippen molar-refractivity contribution >= 4 is 34.7 Å². The Hall–Kier alpha value is -1.54. The molecule has 1 saturated heterocycles. The van der Waals surface area contributed by atoms with E-state index in [1.807, 2.05) is 4.90 Å². The van der Waals surface area contributed by atoms with Crippen molar-refractivity contribution in [2.75, 3.05) is 31.1 Å². The third-order valence-electron chi connectivity index (χ3n) is 5.67. The Morgan fingerprint density at radius 2 is 1.93 bits per heavy atom. The Kier molecular flexibility index (Phi) is 4.96. The molecular weight excluding hydrogens is 397 g/mol. The number of hydrogen-bond donors (Lipinski definition) is 1. The van der Waals surface area contributed by atoms with Crippen LogP contribution in [-0.4, -0.2) is 42.2 Å². The minimum absolute atomic E-state index is 0.0766. The fourth-order valence-electron chi connectivity index (χ4n) is 4.20. The summed E-state index contributed by atoms with van der Waals surface area (Å²) in [6.45, 7) is 2.68. The summed E-state index contributed by atoms with van der Waals surface area (Å²) in [5, 5.41) is 4.34. The molecule has 4 rings (SSSR count). The normalized spacial score (nSPS) is 27.3. The fraction of sp³-hybridized carbons (Fsp3) is 0.556. The number of alkyl halides is 3. The summed E-state index contributed by atoms with van der Waals surface area (Å²) in [5.74, 6) is 1.78. The van der Waals surface area contributed by atoms with Crippen LogP contribution in [0, 0.1) is 11.8 Å². The van der Waals surface area contributed by atoms with E-state index >= 15 is 0 Å². The Labute approximate surface area is 166 Å². The molecule has 1 aliphatic heterocycles. The molecule has 2 N–H and O–H groups in total. The molecule has 27 heavy (non-hydrogen) atoms. The molecule has 0 amide bonds. The summed E-state index contributed by atoms with van der Waals surface area (Å²) in [6, 6.07) is 1.39. The topological polar surface area (TPSA) is 32.7 Å². The van der Waals surface area contributed by atoms with E-state index in [0.29, 0.717) is 49.9 Å². The van der Waals surface area contributed by atoms with E-state index in [1.165, 1.54) is 6.42 Å². The van der Waals surface area contributed by atoms with Crippen molar-refractivity contribution in [1.82, 2.24) is 10.2 Å². The van der Waals surface area contributed by atoms with Gasteiger partial charge in [0.25, 0.3) is 5.82 Å². The molecule has 146 valence electrons. The first-order valence-electron chi connectivity index (χ1n) is 9.08. The van der Waals surface area contributed by atoms with Crippen molar-refractivity contribution < 1.29 is 18.2 Å². The van der Waals surface area contributed by atoms with Crippen molar-refractivity contribution in [3.05, 3.63) is 35.0 Å². The molecule has 0 spiro atoms. The van der Waals surface area contributed by atoms with E-state index in [0.717, 1.165) is 23.8 Å². The maximum absolute atomic E-state index is 12.8. The van der Waals surface area contributed by atoms with Crippen molar-refractivity contribution in [3.63, 3.8) is 0 Å². The van der Waals surface area contributed by atoms with Crippen LogP contribution in [0.3, 0.4) is 0 Å². The second-order valence-electron chi connectivity index (χ2n) is 7.39. The molecule has 2 fully saturated rings. The smallest absolute Gasteiger partial charge is 0.359 e. The van der Waals surface area contributed by atoms with E-state index in [1.54, 1.807) is 0 Å². The summed E-state index contributed by atoms with van der Waals surface area (Å²) < 4.78 is 38.3. The molecule has 2 bridgehead atoms. The standard InChI is InChI=1S/C18H20ClF3N4S/c19-14-9-13(18(20,21)22)10-23-16(14)25-3-5-26(6-4-25)17(27)24-15-8-11-1-2-12(15)7-11/h1-2,9-12,15H,3-8H2,(H,24,27)/p+1/t11-,12+,15+/m1/s1. The number of nitrogens with one attached hydrogen (secondary N) is 2. The van der Waals surface area contributed by atoms with E-state index in [4.69, 9.17) is 23.8 Å². The highest BCUT2D eigenvalue weighted by molar-refractivity contribution is 7.80. The van der Waals surface area contributed by atoms with Crippen LogP contribution < -0.4 is 15.2 Å². The van der Waals surface area contributed by atoms with Gasteiger partial charge in [0.05, 0.1) is 18.7 Å². The Morgan fingerprint density at radius 3 is 2.48 bits per heavy atom. The molecule has 3 atom stereocenters. The Bertz CT molecular complexity index is 761. The number of allylic oxidation sites excluding steroid dienone is 1. The predicted octanol–water partition coefficient (Wildman–Crippen LogP) is 3.13. The van der Waals surface area contributed by atoms with E-state index in [-0.39, 0.29) is 5.02 Å². The first-order valence-corrected chi connectivity index (χ1v) is 9.87. The van der Waals surface area contributed by atoms with E-state index in [2.05, 4.69) is 27.4 Å². The van der Waals surface area contributed by atoms with Gasteiger partial charge in [-0.05, 0) is 43.0 Å². The summed E-state index contributed by atoms with van der Waals surface area (Å²) >= 11 is 11.7. The number of halogens is 4. The van der Waals surface area contributed by atoms with Gasteiger partial charge >= 0.3 is 6.18 Å². The number of anilines is 1. The second-order valence-corrected chi connectivity index (χ2v) is 8.19. The average molecular weight is 418 g/mol. The van der Waals surface area contributed by atoms with E-state index in [9.17, 15) is 13.2 Å². The molecule has 1 aromatic heterocycles. The highest BCUT2D eigenvalue weighted by Crippen LogP contribution is 2.39. The van der Waals surface area contributed by atoms with Crippen LogP contribution >= 0.6 is 23.8 Å². The van der Waals surface area contributed by atoms with Crippen LogP contribution in [-0.2, 0) is 6.18 Å². The zero-order valence-electron chi connectivity index (χ0n) is 14.6. The lowest BCUT2D eigenvalue weighted by Crippen LogP contribution is -2.54. The van der Waals surface area contributed by atoms with Gasteiger partial charge in [-0.3, -0.25) is 4.90 Å². The Morgan fingerprint density at radius 1 is 1.19 bits per heavy atom. The largest absolute Gasteiger partial charge is 0.419 e. The van der Waals surface area contributed by atoms with Gasteiger partial charge in [-0.1, -0.05) is 23.8 Å². The van der Waals surface area contributed by atoms with Crippen LogP contribution in [0.5, 0.6) is 0 Å². The first kappa shape index (κ1) is 18.8. The number of aromatic nitrogens is 1. The first-order chi connectivity index (χ1) is 12.8. The van der Waals surface area contributed by atoms with Crippen molar-refractivity contribution in [3.8, 4) is 0 Å². The maximum atomic E-state index is 12.8. The average Bonchev–Trinajstić information content (AvgIpc) is 3.24. The molecule has 0 radical (unpaired) electrons. The summed E-state index contributed by atoms with van der Waals surface area (Å²) in [6.07, 6.45) is 3.49. The Balaban J connectivity index is 1.33. The zero-order valence-corrected chi connectivity index (χ0v) is 16.2. The molecule has 2 heterocycles. The van der Waals surface area contributed by atoms with Crippen molar-refractivity contribution in [1.29, 1.82) is 0 Å². The van der Waals surface area contributed by atoms with Gasteiger partial charge in [0.1, 0.15) is 24.3 Å². The van der Waals surface area contributed by atoms with E-state index < -0.39 is 11.7 Å². The molecule has 1 saturated carbocycles. The number of thiocarbonyl (C=S) groups is 1. The lowest BCUT2D eigenvalue weighted by atomic mass is 10.0. The molecule has 0 aromatic carbocycles. The van der Waals surface area contributed by atoms with Gasteiger partial charge in [0.15, 0.2) is 5.11 Å². The van der Waals surface area contributed by atoms with Gasteiger partial charge in [0, 0.05) is 6.04 Å². The quantitative estimate of drug-likeness (QED) is 0.592. The fourth-order valence-corrected chi connectivity index (χ4v) is 4.82. The number of aromatic amines is 1. The number of rotatable bonds is 2. The van der Waals surface area contributed by atoms with Crippen molar-refractivity contribution in [2.24, 2.45) is 11.8 Å². The number of nitrogens with zero attached hydrogens (tertiary/aromatic N) is 2. The summed E-state index contributed by atoms with van der Waals surface area (Å²) in [5.41, 5.74) is -0.778. The summed E-state index contributed by atoms with van der Waals surface area (Å²) in [7, 11) is 0. The highest BCUT2D eigenvalue weighted by Gasteiger charge is 2.37. The van der Waals surface area contributed by atoms with Gasteiger partial charge in [-0.25, -0.2) is 4.98 Å². The number of hydrogen-bond acceptors (Lipinski definition) is 2. The predicted molar refractivity (Wildman–Crippen MR) is 102 cm³/mol. The van der Waals surface area contributed by atoms with Crippen LogP contribution in [0.15, 0.2) is 24.4 Å². The van der Waals surface area contributed by atoms with Crippen LogP contribution in [0.2, 0.25) is 5.02 Å². The second kappa shape index (κ2) is 7.13. The molecule has 9 heteroatoms. The molecule has 1 aromatic rings. The molecular formula is C18H21ClF3N4S+. The van der Waals surface area contributed by atoms with Crippen molar-refractivity contribution in [2.45, 2.75) is 25.1 Å². The summed E-state index contributed by atoms with van der Waals surface area (Å²) in [4.78, 5) is 6.79. The molecule has 2 aliphatic carbocycles. The van der Waals surface area contributed by atoms with Gasteiger partial charge < -0.3 is 10.2 Å². The SMILES string of the molecule is FC(F)(F)c1c[nH+]c(N2CCN(C(=S)N[C@H]3C[C@@H]4C=C[C@H]3C4)CC2)c(Cl)c1. The third-order valence-corrected chi connectivity index (χ3v) is 6.34. The van der Waals surface area contributed by atoms with Crippen LogP contribution in [0.25, 0.3) is 0 Å². The number of fused-ring (bicyclic) bond motifs is 2. The third kappa shape index (κ3) is 3.87. The maximum Gasteiger partial charge on any atom is 0.419 e. The van der Waals surface area contributed by atoms with Gasteiger partial charge in [-0.15, -0.1) is 0 Å². The number of pyridine rings is 1. The monoisotopic (exact) mass is 417 g/mol. The molecule has 0 unspecified atom stereocenters. The van der Waals surface area contributed by atoms with Crippen LogP contribution in [0.1, 0.15) is 18.4 Å². The minimum atomic E-state index is -4.41. The number of H-pyrrole nitrogens is 1. The highest BCUT2D eigenvalue weighted by atomic mass is 35.5. The molecule has 3 aliphatic rings.